The van der Waals surface area contributed by atoms with Gasteiger partial charge in [-0.1, -0.05) is 36.9 Å². The Hall–Kier alpha value is -3.97. The van der Waals surface area contributed by atoms with Crippen molar-refractivity contribution in [2.75, 3.05) is 7.11 Å². The first-order chi connectivity index (χ1) is 16.7. The largest absolute Gasteiger partial charge is 0.493 e. The molecule has 182 valence electrons. The van der Waals surface area contributed by atoms with E-state index in [9.17, 15) is 29.6 Å². The molecule has 1 atom stereocenters. The average Bonchev–Trinajstić information content (AvgIpc) is 3.09. The molecular weight excluding hydrogens is 498 g/mol. The minimum atomic E-state index is -1.11. The van der Waals surface area contributed by atoms with Crippen molar-refractivity contribution < 1.29 is 33.9 Å². The van der Waals surface area contributed by atoms with Crippen LogP contribution in [-0.2, 0) is 9.59 Å². The maximum Gasteiger partial charge on any atom is 0.344 e. The van der Waals surface area contributed by atoms with E-state index in [4.69, 9.17) is 21.7 Å². The standard InChI is InChI=1S/C22H19N3O8S2/c1-3-15(21(28)29)33-16-9-8-12(10-17(16)32-2)11-18-20(27)24(22(34)35-18)23-19(26)13-6-4-5-7-14(13)25(30)31/h4-11,15H,3H2,1-2H3,(H,23,26)(H,28,29)/b18-11+. The molecule has 13 heteroatoms. The lowest BCUT2D eigenvalue weighted by molar-refractivity contribution is -0.385. The maximum absolute atomic E-state index is 12.9. The topological polar surface area (TPSA) is 148 Å². The minimum absolute atomic E-state index is 0.0346. The van der Waals surface area contributed by atoms with E-state index in [0.717, 1.165) is 16.8 Å². The van der Waals surface area contributed by atoms with Crippen molar-refractivity contribution in [3.05, 3.63) is 68.6 Å². The number of thioether (sulfide) groups is 1. The van der Waals surface area contributed by atoms with Crippen molar-refractivity contribution >= 4 is 57.8 Å². The Morgan fingerprint density at radius 3 is 2.63 bits per heavy atom. The highest BCUT2D eigenvalue weighted by Crippen LogP contribution is 2.34. The van der Waals surface area contributed by atoms with Crippen LogP contribution in [0, 0.1) is 10.1 Å². The molecule has 35 heavy (non-hydrogen) atoms. The Morgan fingerprint density at radius 2 is 2.00 bits per heavy atom. The lowest BCUT2D eigenvalue weighted by Crippen LogP contribution is -2.45. The molecule has 0 aliphatic carbocycles. The Kier molecular flexibility index (Phi) is 8.04. The summed E-state index contributed by atoms with van der Waals surface area (Å²) in [5.41, 5.74) is 2.22. The first-order valence-electron chi connectivity index (χ1n) is 10.1. The lowest BCUT2D eigenvalue weighted by Gasteiger charge is -2.16. The van der Waals surface area contributed by atoms with Crippen LogP contribution < -0.4 is 14.9 Å². The molecule has 3 rings (SSSR count). The second kappa shape index (κ2) is 11.0. The number of ether oxygens (including phenoxy) is 2. The zero-order valence-corrected chi connectivity index (χ0v) is 20.1. The van der Waals surface area contributed by atoms with Crippen LogP contribution in [0.2, 0.25) is 0 Å². The van der Waals surface area contributed by atoms with Crippen molar-refractivity contribution in [3.63, 3.8) is 0 Å². The first kappa shape index (κ1) is 25.6. The number of thiocarbonyl (C=S) groups is 1. The third-order valence-corrected chi connectivity index (χ3v) is 6.06. The highest BCUT2D eigenvalue weighted by atomic mass is 32.2. The second-order valence-electron chi connectivity index (χ2n) is 7.00. The monoisotopic (exact) mass is 517 g/mol. The van der Waals surface area contributed by atoms with Gasteiger partial charge in [0.25, 0.3) is 17.5 Å². The summed E-state index contributed by atoms with van der Waals surface area (Å²) in [5, 5.41) is 21.2. The summed E-state index contributed by atoms with van der Waals surface area (Å²) in [4.78, 5) is 47.4. The van der Waals surface area contributed by atoms with E-state index in [0.29, 0.717) is 5.56 Å². The molecule has 1 aliphatic heterocycles. The van der Waals surface area contributed by atoms with Gasteiger partial charge >= 0.3 is 5.97 Å². The molecule has 0 spiro atoms. The predicted octanol–water partition coefficient (Wildman–Crippen LogP) is 3.39. The quantitative estimate of drug-likeness (QED) is 0.219. The molecule has 11 nitrogen and oxygen atoms in total. The van der Waals surface area contributed by atoms with Crippen LogP contribution in [0.15, 0.2) is 47.4 Å². The number of methoxy groups -OCH3 is 1. The van der Waals surface area contributed by atoms with E-state index >= 15 is 0 Å². The van der Waals surface area contributed by atoms with Gasteiger partial charge in [0, 0.05) is 6.07 Å². The van der Waals surface area contributed by atoms with Crippen molar-refractivity contribution in [1.82, 2.24) is 10.4 Å². The number of aliphatic carboxylic acids is 1. The third kappa shape index (κ3) is 5.75. The Labute approximate surface area is 208 Å². The van der Waals surface area contributed by atoms with Crippen LogP contribution in [0.25, 0.3) is 6.08 Å². The zero-order valence-electron chi connectivity index (χ0n) is 18.4. The summed E-state index contributed by atoms with van der Waals surface area (Å²) < 4.78 is 10.8. The van der Waals surface area contributed by atoms with Crippen LogP contribution in [0.4, 0.5) is 5.69 Å². The lowest BCUT2D eigenvalue weighted by atomic mass is 10.1. The average molecular weight is 518 g/mol. The minimum Gasteiger partial charge on any atom is -0.493 e. The number of nitrogens with zero attached hydrogens (tertiary/aromatic N) is 2. The Balaban J connectivity index is 1.80. The van der Waals surface area contributed by atoms with Gasteiger partial charge in [-0.15, -0.1) is 0 Å². The SMILES string of the molecule is CCC(Oc1ccc(/C=C2/SC(=S)N(NC(=O)c3ccccc3[N+](=O)[O-])C2=O)cc1OC)C(=O)O. The number of hydrogen-bond donors (Lipinski definition) is 2. The fourth-order valence-electron chi connectivity index (χ4n) is 3.04. The number of carboxylic acid groups (broad SMARTS) is 1. The van der Waals surface area contributed by atoms with Gasteiger partial charge in [-0.2, -0.15) is 5.01 Å². The fraction of sp³-hybridized carbons (Fsp3) is 0.182. The summed E-state index contributed by atoms with van der Waals surface area (Å²) in [6.07, 6.45) is 0.715. The predicted molar refractivity (Wildman–Crippen MR) is 131 cm³/mol. The number of carbonyl (C=O) groups is 3. The van der Waals surface area contributed by atoms with Crippen molar-refractivity contribution in [1.29, 1.82) is 0 Å². The molecule has 0 aromatic heterocycles. The van der Waals surface area contributed by atoms with E-state index in [1.807, 2.05) is 0 Å². The molecule has 1 saturated heterocycles. The highest BCUT2D eigenvalue weighted by Gasteiger charge is 2.35. The number of para-hydroxylation sites is 1. The van der Waals surface area contributed by atoms with E-state index in [1.165, 1.54) is 43.5 Å². The molecule has 1 heterocycles. The molecule has 2 N–H and O–H groups in total. The first-order valence-corrected chi connectivity index (χ1v) is 11.3. The number of carbonyl (C=O) groups excluding carboxylic acids is 2. The molecule has 0 radical (unpaired) electrons. The molecule has 2 aromatic rings. The summed E-state index contributed by atoms with van der Waals surface area (Å²) in [6, 6.07) is 10.0. The van der Waals surface area contributed by atoms with Crippen LogP contribution in [0.1, 0.15) is 29.3 Å². The van der Waals surface area contributed by atoms with E-state index in [1.54, 1.807) is 19.1 Å². The molecule has 2 amide bonds. The number of hydrogen-bond acceptors (Lipinski definition) is 9. The van der Waals surface area contributed by atoms with Crippen LogP contribution in [0.5, 0.6) is 11.5 Å². The molecule has 0 saturated carbocycles. The van der Waals surface area contributed by atoms with Crippen molar-refractivity contribution in [2.45, 2.75) is 19.4 Å². The molecule has 1 aliphatic rings. The number of rotatable bonds is 9. The van der Waals surface area contributed by atoms with Gasteiger partial charge in [0.05, 0.1) is 16.9 Å². The molecule has 2 aromatic carbocycles. The molecule has 1 fully saturated rings. The number of amides is 2. The number of nitrogens with one attached hydrogen (secondary N) is 1. The molecular formula is C22H19N3O8S2. The maximum atomic E-state index is 12.9. The van der Waals surface area contributed by atoms with Crippen LogP contribution in [0.3, 0.4) is 0 Å². The van der Waals surface area contributed by atoms with E-state index < -0.39 is 34.5 Å². The summed E-state index contributed by atoms with van der Waals surface area (Å²) in [6.45, 7) is 1.68. The number of nitro groups is 1. The van der Waals surface area contributed by atoms with E-state index in [2.05, 4.69) is 5.43 Å². The summed E-state index contributed by atoms with van der Waals surface area (Å²) in [7, 11) is 1.39. The summed E-state index contributed by atoms with van der Waals surface area (Å²) in [5.74, 6) is -2.10. The van der Waals surface area contributed by atoms with Crippen LogP contribution >= 0.6 is 24.0 Å². The number of hydrazine groups is 1. The van der Waals surface area contributed by atoms with Gasteiger partial charge in [0.2, 0.25) is 0 Å². The smallest absolute Gasteiger partial charge is 0.344 e. The van der Waals surface area contributed by atoms with Gasteiger partial charge in [-0.05, 0) is 48.5 Å². The van der Waals surface area contributed by atoms with Gasteiger partial charge < -0.3 is 14.6 Å². The van der Waals surface area contributed by atoms with Crippen LogP contribution in [-0.4, -0.2) is 50.4 Å². The van der Waals surface area contributed by atoms with Crippen molar-refractivity contribution in [3.8, 4) is 11.5 Å². The molecule has 1 unspecified atom stereocenters. The normalized spacial score (nSPS) is 15.1. The number of nitro benzene ring substituents is 1. The van der Waals surface area contributed by atoms with Gasteiger partial charge in [0.1, 0.15) is 5.56 Å². The molecule has 0 bridgehead atoms. The van der Waals surface area contributed by atoms with E-state index in [-0.39, 0.29) is 32.7 Å². The van der Waals surface area contributed by atoms with Gasteiger partial charge in [-0.3, -0.25) is 25.1 Å². The zero-order chi connectivity index (χ0) is 25.7. The highest BCUT2D eigenvalue weighted by molar-refractivity contribution is 8.26. The van der Waals surface area contributed by atoms with Crippen molar-refractivity contribution in [2.24, 2.45) is 0 Å². The number of carboxylic acids is 1. The Morgan fingerprint density at radius 1 is 1.29 bits per heavy atom. The second-order valence-corrected chi connectivity index (χ2v) is 8.67. The summed E-state index contributed by atoms with van der Waals surface area (Å²) >= 11 is 6.13. The third-order valence-electron chi connectivity index (χ3n) is 4.75. The van der Waals surface area contributed by atoms with Gasteiger partial charge in [-0.25, -0.2) is 4.79 Å². The fourth-order valence-corrected chi connectivity index (χ4v) is 4.21. The Bertz CT molecular complexity index is 1250. The van der Waals surface area contributed by atoms with Gasteiger partial charge in [0.15, 0.2) is 21.9 Å². The number of benzene rings is 2.